The van der Waals surface area contributed by atoms with Crippen LogP contribution in [0.15, 0.2) is 60.7 Å². The molecular formula is C29H35N5S. The fourth-order valence-corrected chi connectivity index (χ4v) is 6.64. The third kappa shape index (κ3) is 5.36. The number of hydrogen-bond donors (Lipinski definition) is 1. The molecule has 35 heavy (non-hydrogen) atoms. The standard InChI is InChI=1S/C29H35N5S/c1-32-13-5-7-23(19-32)21-34-16-14-33(15-17-34)20-22-6-4-8-24(18-22)27-11-12-28(35-27)29-30-25-9-2-3-10-26(25)31-29/h2-4,6,8-12,18,23H,5,7,13-17,19-21H2,1H3,(H,30,31). The molecule has 2 aliphatic heterocycles. The number of fused-ring (bicyclic) bond motifs is 1. The van der Waals surface area contributed by atoms with E-state index in [9.17, 15) is 0 Å². The van der Waals surface area contributed by atoms with Crippen LogP contribution in [0.4, 0.5) is 0 Å². The summed E-state index contributed by atoms with van der Waals surface area (Å²) < 4.78 is 0. The number of likely N-dealkylation sites (tertiary alicyclic amines) is 1. The van der Waals surface area contributed by atoms with Crippen LogP contribution < -0.4 is 0 Å². The molecule has 2 fully saturated rings. The van der Waals surface area contributed by atoms with Crippen LogP contribution in [0.25, 0.3) is 32.2 Å². The van der Waals surface area contributed by atoms with Crippen molar-refractivity contribution in [2.75, 3.05) is 52.9 Å². The summed E-state index contributed by atoms with van der Waals surface area (Å²) in [7, 11) is 2.27. The molecule has 6 rings (SSSR count). The first-order valence-corrected chi connectivity index (χ1v) is 13.8. The first kappa shape index (κ1) is 22.9. The Labute approximate surface area is 212 Å². The quantitative estimate of drug-likeness (QED) is 0.396. The van der Waals surface area contributed by atoms with Crippen LogP contribution in [0, 0.1) is 5.92 Å². The molecule has 1 unspecified atom stereocenters. The van der Waals surface area contributed by atoms with Crippen molar-refractivity contribution >= 4 is 22.4 Å². The summed E-state index contributed by atoms with van der Waals surface area (Å²) in [5.74, 6) is 1.81. The second kappa shape index (κ2) is 10.2. The lowest BCUT2D eigenvalue weighted by Crippen LogP contribution is -2.48. The van der Waals surface area contributed by atoms with Crippen molar-refractivity contribution < 1.29 is 0 Å². The van der Waals surface area contributed by atoms with E-state index in [2.05, 4.69) is 75.3 Å². The summed E-state index contributed by atoms with van der Waals surface area (Å²) >= 11 is 1.81. The van der Waals surface area contributed by atoms with Crippen molar-refractivity contribution in [3.05, 3.63) is 66.2 Å². The number of nitrogens with zero attached hydrogens (tertiary/aromatic N) is 4. The fourth-order valence-electron chi connectivity index (χ4n) is 5.69. The van der Waals surface area contributed by atoms with Crippen molar-refractivity contribution in [2.45, 2.75) is 19.4 Å². The minimum absolute atomic E-state index is 0.854. The second-order valence-electron chi connectivity index (χ2n) is 10.3. The van der Waals surface area contributed by atoms with Crippen LogP contribution in [-0.2, 0) is 6.54 Å². The Morgan fingerprint density at radius 2 is 1.74 bits per heavy atom. The van der Waals surface area contributed by atoms with Gasteiger partial charge in [0.25, 0.3) is 0 Å². The van der Waals surface area contributed by atoms with Gasteiger partial charge in [-0.3, -0.25) is 4.90 Å². The van der Waals surface area contributed by atoms with Gasteiger partial charge in [0.05, 0.1) is 15.9 Å². The number of aromatic nitrogens is 2. The van der Waals surface area contributed by atoms with E-state index in [0.29, 0.717) is 0 Å². The first-order chi connectivity index (χ1) is 17.2. The molecule has 6 heteroatoms. The van der Waals surface area contributed by atoms with Gasteiger partial charge < -0.3 is 14.8 Å². The topological polar surface area (TPSA) is 38.4 Å². The highest BCUT2D eigenvalue weighted by Crippen LogP contribution is 2.34. The average Bonchev–Trinajstić information content (AvgIpc) is 3.53. The maximum atomic E-state index is 4.77. The van der Waals surface area contributed by atoms with Crippen LogP contribution in [0.5, 0.6) is 0 Å². The number of piperidine rings is 1. The second-order valence-corrected chi connectivity index (χ2v) is 11.4. The van der Waals surface area contributed by atoms with E-state index in [1.807, 2.05) is 23.5 Å². The molecule has 4 heterocycles. The number of hydrogen-bond acceptors (Lipinski definition) is 5. The predicted molar refractivity (Wildman–Crippen MR) is 147 cm³/mol. The highest BCUT2D eigenvalue weighted by molar-refractivity contribution is 7.18. The summed E-state index contributed by atoms with van der Waals surface area (Å²) in [5, 5.41) is 0. The summed E-state index contributed by atoms with van der Waals surface area (Å²) in [6.07, 6.45) is 2.76. The molecule has 0 bridgehead atoms. The lowest BCUT2D eigenvalue weighted by atomic mass is 9.97. The molecule has 0 aliphatic carbocycles. The van der Waals surface area contributed by atoms with Gasteiger partial charge in [0, 0.05) is 50.7 Å². The van der Waals surface area contributed by atoms with E-state index in [-0.39, 0.29) is 0 Å². The van der Waals surface area contributed by atoms with Gasteiger partial charge in [-0.1, -0.05) is 30.3 Å². The zero-order chi connectivity index (χ0) is 23.6. The van der Waals surface area contributed by atoms with E-state index in [4.69, 9.17) is 4.98 Å². The first-order valence-electron chi connectivity index (χ1n) is 13.0. The Balaban J connectivity index is 1.07. The van der Waals surface area contributed by atoms with Crippen LogP contribution >= 0.6 is 11.3 Å². The maximum absolute atomic E-state index is 4.77. The van der Waals surface area contributed by atoms with E-state index in [1.54, 1.807) is 0 Å². The normalized spacial score (nSPS) is 20.5. The molecule has 0 saturated carbocycles. The molecule has 0 amide bonds. The smallest absolute Gasteiger partial charge is 0.148 e. The van der Waals surface area contributed by atoms with Gasteiger partial charge >= 0.3 is 0 Å². The minimum atomic E-state index is 0.854. The largest absolute Gasteiger partial charge is 0.337 e. The van der Waals surface area contributed by atoms with Crippen LogP contribution in [0.2, 0.25) is 0 Å². The van der Waals surface area contributed by atoms with Gasteiger partial charge in [0.1, 0.15) is 5.82 Å². The highest BCUT2D eigenvalue weighted by Gasteiger charge is 2.23. The van der Waals surface area contributed by atoms with Crippen molar-refractivity contribution in [1.29, 1.82) is 0 Å². The number of aromatic amines is 1. The predicted octanol–water partition coefficient (Wildman–Crippen LogP) is 5.42. The molecule has 0 spiro atoms. The average molecular weight is 486 g/mol. The van der Waals surface area contributed by atoms with Gasteiger partial charge in [0.2, 0.25) is 0 Å². The molecule has 2 saturated heterocycles. The van der Waals surface area contributed by atoms with E-state index >= 15 is 0 Å². The third-order valence-corrected chi connectivity index (χ3v) is 8.69. The van der Waals surface area contributed by atoms with Crippen molar-refractivity contribution in [1.82, 2.24) is 24.7 Å². The number of imidazole rings is 1. The molecule has 5 nitrogen and oxygen atoms in total. The number of thiophene rings is 1. The number of nitrogens with one attached hydrogen (secondary N) is 1. The molecule has 2 aromatic heterocycles. The molecule has 2 aromatic carbocycles. The van der Waals surface area contributed by atoms with Gasteiger partial charge in [0.15, 0.2) is 0 Å². The zero-order valence-electron chi connectivity index (χ0n) is 20.6. The van der Waals surface area contributed by atoms with Gasteiger partial charge in [-0.25, -0.2) is 4.98 Å². The van der Waals surface area contributed by atoms with E-state index in [0.717, 1.165) is 29.3 Å². The summed E-state index contributed by atoms with van der Waals surface area (Å²) in [6, 6.07) is 21.7. The summed E-state index contributed by atoms with van der Waals surface area (Å²) in [6.45, 7) is 9.60. The number of benzene rings is 2. The fraction of sp³-hybridized carbons (Fsp3) is 0.414. The van der Waals surface area contributed by atoms with E-state index < -0.39 is 0 Å². The molecule has 1 N–H and O–H groups in total. The molecule has 2 aliphatic rings. The lowest BCUT2D eigenvalue weighted by molar-refractivity contribution is 0.0930. The van der Waals surface area contributed by atoms with Gasteiger partial charge in [-0.15, -0.1) is 11.3 Å². The van der Waals surface area contributed by atoms with E-state index in [1.165, 1.54) is 79.5 Å². The highest BCUT2D eigenvalue weighted by atomic mass is 32.1. The molecule has 0 radical (unpaired) electrons. The molecule has 4 aromatic rings. The van der Waals surface area contributed by atoms with Crippen molar-refractivity contribution in [3.63, 3.8) is 0 Å². The van der Waals surface area contributed by atoms with Crippen LogP contribution in [0.1, 0.15) is 18.4 Å². The van der Waals surface area contributed by atoms with Crippen LogP contribution in [-0.4, -0.2) is 77.5 Å². The zero-order valence-corrected chi connectivity index (χ0v) is 21.4. The maximum Gasteiger partial charge on any atom is 0.148 e. The van der Waals surface area contributed by atoms with Crippen molar-refractivity contribution in [2.24, 2.45) is 5.92 Å². The lowest BCUT2D eigenvalue weighted by Gasteiger charge is -2.38. The number of piperazine rings is 1. The molecular weight excluding hydrogens is 450 g/mol. The Morgan fingerprint density at radius 3 is 2.60 bits per heavy atom. The number of para-hydroxylation sites is 2. The van der Waals surface area contributed by atoms with Gasteiger partial charge in [-0.05, 0) is 73.8 Å². The SMILES string of the molecule is CN1CCCC(CN2CCN(Cc3cccc(-c4ccc(-c5nc6ccccc6[nH]5)s4)c3)CC2)C1. The van der Waals surface area contributed by atoms with Crippen LogP contribution in [0.3, 0.4) is 0 Å². The minimum Gasteiger partial charge on any atom is -0.337 e. The Bertz CT molecular complexity index is 1240. The third-order valence-electron chi connectivity index (χ3n) is 7.55. The monoisotopic (exact) mass is 485 g/mol. The Hall–Kier alpha value is -2.51. The number of H-pyrrole nitrogens is 1. The molecule has 182 valence electrons. The summed E-state index contributed by atoms with van der Waals surface area (Å²) in [5.41, 5.74) is 4.81. The Kier molecular flexibility index (Phi) is 6.70. The summed E-state index contributed by atoms with van der Waals surface area (Å²) in [4.78, 5) is 18.5. The Morgan fingerprint density at radius 1 is 0.914 bits per heavy atom. The van der Waals surface area contributed by atoms with Gasteiger partial charge in [-0.2, -0.15) is 0 Å². The van der Waals surface area contributed by atoms with Crippen molar-refractivity contribution in [3.8, 4) is 21.1 Å². The molecule has 1 atom stereocenters. The number of rotatable bonds is 6.